The Labute approximate surface area is 134 Å². The third-order valence-corrected chi connectivity index (χ3v) is 4.34. The van der Waals surface area contributed by atoms with E-state index >= 15 is 0 Å². The molecule has 2 rings (SSSR count). The Morgan fingerprint density at radius 2 is 1.70 bits per heavy atom. The van der Waals surface area contributed by atoms with Crippen molar-refractivity contribution in [2.45, 2.75) is 34.1 Å². The van der Waals surface area contributed by atoms with Crippen molar-refractivity contribution >= 4 is 28.4 Å². The van der Waals surface area contributed by atoms with E-state index in [4.69, 9.17) is 0 Å². The molecule has 0 spiro atoms. The van der Waals surface area contributed by atoms with Gasteiger partial charge >= 0.3 is 0 Å². The molecule has 0 atom stereocenters. The quantitative estimate of drug-likeness (QED) is 0.813. The lowest BCUT2D eigenvalue weighted by molar-refractivity contribution is 0.927. The van der Waals surface area contributed by atoms with Gasteiger partial charge in [-0.15, -0.1) is 0 Å². The zero-order valence-corrected chi connectivity index (χ0v) is 14.6. The van der Waals surface area contributed by atoms with Gasteiger partial charge in [0.15, 0.2) is 0 Å². The Morgan fingerprint density at radius 3 is 2.30 bits per heavy atom. The van der Waals surface area contributed by atoms with Crippen LogP contribution in [-0.4, -0.2) is 16.5 Å². The first kappa shape index (κ1) is 15.2. The molecule has 0 bridgehead atoms. The summed E-state index contributed by atoms with van der Waals surface area (Å²) in [4.78, 5) is 9.26. The predicted molar refractivity (Wildman–Crippen MR) is 92.4 cm³/mol. The van der Waals surface area contributed by atoms with Gasteiger partial charge in [0.1, 0.15) is 11.6 Å². The highest BCUT2D eigenvalue weighted by molar-refractivity contribution is 14.1. The van der Waals surface area contributed by atoms with Crippen LogP contribution in [0.25, 0.3) is 0 Å². The first-order valence-corrected chi connectivity index (χ1v) is 7.91. The first-order valence-electron chi connectivity index (χ1n) is 6.83. The molecule has 0 amide bonds. The van der Waals surface area contributed by atoms with E-state index in [1.54, 1.807) is 0 Å². The molecule has 0 aliphatic rings. The Morgan fingerprint density at radius 1 is 1.05 bits per heavy atom. The topological polar surface area (TPSA) is 37.8 Å². The summed E-state index contributed by atoms with van der Waals surface area (Å²) < 4.78 is 1.11. The summed E-state index contributed by atoms with van der Waals surface area (Å²) in [5.41, 5.74) is 4.88. The monoisotopic (exact) mass is 381 g/mol. The summed E-state index contributed by atoms with van der Waals surface area (Å²) in [5.74, 6) is 1.82. The van der Waals surface area contributed by atoms with Crippen LogP contribution in [-0.2, 0) is 6.42 Å². The van der Waals surface area contributed by atoms with Crippen molar-refractivity contribution in [2.24, 2.45) is 0 Å². The molecule has 1 N–H and O–H groups in total. The van der Waals surface area contributed by atoms with E-state index in [9.17, 15) is 0 Å². The molecule has 1 aromatic heterocycles. The summed E-state index contributed by atoms with van der Waals surface area (Å²) in [6.45, 7) is 9.24. The van der Waals surface area contributed by atoms with E-state index in [0.717, 1.165) is 33.9 Å². The van der Waals surface area contributed by atoms with E-state index in [1.165, 1.54) is 16.7 Å². The van der Waals surface area contributed by atoms with Gasteiger partial charge in [-0.25, -0.2) is 9.97 Å². The molecule has 0 fully saturated rings. The maximum Gasteiger partial charge on any atom is 0.143 e. The van der Waals surface area contributed by atoms with Gasteiger partial charge in [-0.1, -0.05) is 29.3 Å². The van der Waals surface area contributed by atoms with Crippen LogP contribution >= 0.6 is 22.6 Å². The molecular formula is C16H20IN3. The molecule has 20 heavy (non-hydrogen) atoms. The maximum atomic E-state index is 4.65. The van der Waals surface area contributed by atoms with Crippen molar-refractivity contribution in [2.75, 3.05) is 11.9 Å². The molecule has 1 aromatic carbocycles. The molecule has 0 saturated heterocycles. The number of aryl methyl sites for hydroxylation is 3. The van der Waals surface area contributed by atoms with E-state index in [0.29, 0.717) is 0 Å². The lowest BCUT2D eigenvalue weighted by Gasteiger charge is -2.10. The second-order valence-corrected chi connectivity index (χ2v) is 6.17. The normalized spacial score (nSPS) is 10.7. The summed E-state index contributed by atoms with van der Waals surface area (Å²) in [6, 6.07) is 6.60. The minimum Gasteiger partial charge on any atom is -0.369 e. The molecule has 0 radical (unpaired) electrons. The van der Waals surface area contributed by atoms with Gasteiger partial charge in [-0.2, -0.15) is 0 Å². The van der Waals surface area contributed by atoms with Gasteiger partial charge in [0.2, 0.25) is 0 Å². The highest BCUT2D eigenvalue weighted by atomic mass is 127. The maximum absolute atomic E-state index is 4.65. The third-order valence-electron chi connectivity index (χ3n) is 3.05. The van der Waals surface area contributed by atoms with Gasteiger partial charge in [0.05, 0.1) is 9.26 Å². The molecule has 0 aliphatic heterocycles. The van der Waals surface area contributed by atoms with Gasteiger partial charge in [0.25, 0.3) is 0 Å². The minimum absolute atomic E-state index is 0.776. The fourth-order valence-corrected chi connectivity index (χ4v) is 2.77. The van der Waals surface area contributed by atoms with Crippen molar-refractivity contribution in [1.29, 1.82) is 0 Å². The van der Waals surface area contributed by atoms with E-state index in [-0.39, 0.29) is 0 Å². The fourth-order valence-electron chi connectivity index (χ4n) is 2.33. The largest absolute Gasteiger partial charge is 0.369 e. The lowest BCUT2D eigenvalue weighted by Crippen LogP contribution is -2.08. The average Bonchev–Trinajstić information content (AvgIpc) is 2.34. The number of halogens is 1. The zero-order valence-electron chi connectivity index (χ0n) is 12.4. The van der Waals surface area contributed by atoms with Crippen LogP contribution in [0, 0.1) is 24.3 Å². The Balaban J connectivity index is 2.33. The third kappa shape index (κ3) is 3.69. The van der Waals surface area contributed by atoms with Crippen molar-refractivity contribution < 1.29 is 0 Å². The average molecular weight is 381 g/mol. The summed E-state index contributed by atoms with van der Waals surface area (Å²) in [6.07, 6.45) is 0.776. The SMILES string of the molecule is CCNc1nc(Cc2cc(C)cc(C)c2)nc(C)c1I. The molecule has 4 heteroatoms. The number of nitrogens with zero attached hydrogens (tertiary/aromatic N) is 2. The van der Waals surface area contributed by atoms with Gasteiger partial charge < -0.3 is 5.32 Å². The summed E-state index contributed by atoms with van der Waals surface area (Å²) in [5, 5.41) is 3.31. The lowest BCUT2D eigenvalue weighted by atomic mass is 10.0. The molecule has 0 aliphatic carbocycles. The number of anilines is 1. The smallest absolute Gasteiger partial charge is 0.143 e. The molecule has 1 heterocycles. The van der Waals surface area contributed by atoms with Crippen LogP contribution < -0.4 is 5.32 Å². The second-order valence-electron chi connectivity index (χ2n) is 5.09. The number of hydrogen-bond acceptors (Lipinski definition) is 3. The van der Waals surface area contributed by atoms with Crippen LogP contribution in [0.5, 0.6) is 0 Å². The minimum atomic E-state index is 0.776. The standard InChI is InChI=1S/C16H20IN3/c1-5-18-16-15(17)12(4)19-14(20-16)9-13-7-10(2)6-11(3)8-13/h6-8H,5,9H2,1-4H3,(H,18,19,20). The van der Waals surface area contributed by atoms with Gasteiger partial charge in [-0.05, 0) is 55.8 Å². The summed E-state index contributed by atoms with van der Waals surface area (Å²) >= 11 is 2.30. The van der Waals surface area contributed by atoms with E-state index < -0.39 is 0 Å². The molecule has 3 nitrogen and oxygen atoms in total. The summed E-state index contributed by atoms with van der Waals surface area (Å²) in [7, 11) is 0. The number of nitrogens with one attached hydrogen (secondary N) is 1. The fraction of sp³-hybridized carbons (Fsp3) is 0.375. The van der Waals surface area contributed by atoms with Crippen molar-refractivity contribution in [3.05, 3.63) is 50.0 Å². The Bertz CT molecular complexity index is 603. The van der Waals surface area contributed by atoms with Crippen LogP contribution in [0.2, 0.25) is 0 Å². The zero-order chi connectivity index (χ0) is 14.7. The highest BCUT2D eigenvalue weighted by Gasteiger charge is 2.09. The van der Waals surface area contributed by atoms with E-state index in [1.807, 2.05) is 6.92 Å². The van der Waals surface area contributed by atoms with Crippen molar-refractivity contribution in [3.8, 4) is 0 Å². The van der Waals surface area contributed by atoms with Gasteiger partial charge in [-0.3, -0.25) is 0 Å². The van der Waals surface area contributed by atoms with Crippen LogP contribution in [0.15, 0.2) is 18.2 Å². The molecule has 0 unspecified atom stereocenters. The number of hydrogen-bond donors (Lipinski definition) is 1. The Hall–Kier alpha value is -1.17. The molecular weight excluding hydrogens is 361 g/mol. The van der Waals surface area contributed by atoms with E-state index in [2.05, 4.69) is 76.8 Å². The highest BCUT2D eigenvalue weighted by Crippen LogP contribution is 2.20. The van der Waals surface area contributed by atoms with Crippen LogP contribution in [0.3, 0.4) is 0 Å². The Kier molecular flexibility index (Phi) is 4.96. The van der Waals surface area contributed by atoms with Crippen molar-refractivity contribution in [3.63, 3.8) is 0 Å². The van der Waals surface area contributed by atoms with Crippen molar-refractivity contribution in [1.82, 2.24) is 9.97 Å². The number of benzene rings is 1. The number of rotatable bonds is 4. The second kappa shape index (κ2) is 6.52. The predicted octanol–water partition coefficient (Wildman–Crippen LogP) is 4.03. The molecule has 106 valence electrons. The molecule has 2 aromatic rings. The van der Waals surface area contributed by atoms with Crippen LogP contribution in [0.4, 0.5) is 5.82 Å². The molecule has 0 saturated carbocycles. The first-order chi connectivity index (χ1) is 9.49. The van der Waals surface area contributed by atoms with Crippen LogP contribution in [0.1, 0.15) is 35.1 Å². The number of aromatic nitrogens is 2. The van der Waals surface area contributed by atoms with Gasteiger partial charge in [0, 0.05) is 13.0 Å².